The third-order valence-electron chi connectivity index (χ3n) is 4.18. The van der Waals surface area contributed by atoms with Crippen LogP contribution in [0.1, 0.15) is 21.7 Å². The molecule has 1 aromatic heterocycles. The molecular weight excluding hydrogens is 349 g/mol. The van der Waals surface area contributed by atoms with Crippen LogP contribution in [0.4, 0.5) is 13.2 Å². The van der Waals surface area contributed by atoms with E-state index in [9.17, 15) is 22.8 Å². The van der Waals surface area contributed by atoms with Crippen molar-refractivity contribution in [1.82, 2.24) is 20.4 Å². The van der Waals surface area contributed by atoms with E-state index in [1.54, 1.807) is 0 Å². The fourth-order valence-electron chi connectivity index (χ4n) is 2.66. The van der Waals surface area contributed by atoms with Crippen molar-refractivity contribution in [2.75, 3.05) is 19.6 Å². The number of alkyl halides is 3. The number of halogens is 3. The van der Waals surface area contributed by atoms with Crippen LogP contribution in [0, 0.1) is 12.8 Å². The van der Waals surface area contributed by atoms with Crippen LogP contribution in [0.15, 0.2) is 35.1 Å². The second kappa shape index (κ2) is 6.91. The molecule has 0 spiro atoms. The highest BCUT2D eigenvalue weighted by Crippen LogP contribution is 2.33. The molecule has 1 aliphatic heterocycles. The summed E-state index contributed by atoms with van der Waals surface area (Å²) >= 11 is 0. The van der Waals surface area contributed by atoms with Gasteiger partial charge in [0.05, 0.1) is 11.3 Å². The molecule has 0 saturated carbocycles. The number of amides is 1. The van der Waals surface area contributed by atoms with E-state index in [0.29, 0.717) is 6.54 Å². The van der Waals surface area contributed by atoms with Crippen LogP contribution in [0.25, 0.3) is 5.69 Å². The van der Waals surface area contributed by atoms with Gasteiger partial charge in [-0.3, -0.25) is 9.59 Å². The minimum absolute atomic E-state index is 0.200. The van der Waals surface area contributed by atoms with Gasteiger partial charge in [-0.2, -0.15) is 18.3 Å². The molecule has 1 aromatic carbocycles. The lowest BCUT2D eigenvalue weighted by molar-refractivity contribution is -0.137. The average Bonchev–Trinajstić information content (AvgIpc) is 2.52. The molecule has 0 radical (unpaired) electrons. The number of hydrogen-bond donors (Lipinski definition) is 2. The molecule has 138 valence electrons. The number of nitrogens with zero attached hydrogens (tertiary/aromatic N) is 2. The summed E-state index contributed by atoms with van der Waals surface area (Å²) in [6, 6.07) is 5.99. The van der Waals surface area contributed by atoms with Crippen molar-refractivity contribution >= 4 is 5.91 Å². The molecule has 1 aliphatic rings. The Labute approximate surface area is 147 Å². The fraction of sp³-hybridized carbons (Fsp3) is 0.353. The molecule has 2 heterocycles. The summed E-state index contributed by atoms with van der Waals surface area (Å²) in [6.07, 6.45) is -4.59. The molecule has 9 heteroatoms. The van der Waals surface area contributed by atoms with Gasteiger partial charge in [-0.15, -0.1) is 0 Å². The quantitative estimate of drug-likeness (QED) is 0.860. The zero-order valence-corrected chi connectivity index (χ0v) is 13.9. The molecule has 3 rings (SSSR count). The van der Waals surface area contributed by atoms with E-state index in [-0.39, 0.29) is 17.3 Å². The van der Waals surface area contributed by atoms with Crippen LogP contribution in [0.3, 0.4) is 0 Å². The van der Waals surface area contributed by atoms with E-state index in [2.05, 4.69) is 15.7 Å². The second-order valence-corrected chi connectivity index (χ2v) is 6.16. The van der Waals surface area contributed by atoms with E-state index < -0.39 is 28.8 Å². The highest BCUT2D eigenvalue weighted by molar-refractivity contribution is 5.92. The molecule has 0 bridgehead atoms. The van der Waals surface area contributed by atoms with Gasteiger partial charge in [-0.05, 0) is 19.1 Å². The van der Waals surface area contributed by atoms with Crippen LogP contribution in [-0.4, -0.2) is 35.3 Å². The number of rotatable bonds is 4. The van der Waals surface area contributed by atoms with E-state index in [0.717, 1.165) is 29.9 Å². The Morgan fingerprint density at radius 2 is 2.04 bits per heavy atom. The van der Waals surface area contributed by atoms with Crippen molar-refractivity contribution in [3.05, 3.63) is 57.5 Å². The summed E-state index contributed by atoms with van der Waals surface area (Å²) in [5.41, 5.74) is -2.00. The van der Waals surface area contributed by atoms with Gasteiger partial charge in [0.15, 0.2) is 5.69 Å². The zero-order chi connectivity index (χ0) is 18.9. The topological polar surface area (TPSA) is 76.0 Å². The van der Waals surface area contributed by atoms with Crippen LogP contribution < -0.4 is 16.1 Å². The van der Waals surface area contributed by atoms with Crippen molar-refractivity contribution < 1.29 is 18.0 Å². The first-order valence-corrected chi connectivity index (χ1v) is 8.04. The van der Waals surface area contributed by atoms with E-state index in [4.69, 9.17) is 0 Å². The predicted octanol–water partition coefficient (Wildman–Crippen LogP) is 1.51. The Balaban J connectivity index is 1.99. The molecule has 26 heavy (non-hydrogen) atoms. The lowest BCUT2D eigenvalue weighted by Crippen LogP contribution is -2.48. The lowest BCUT2D eigenvalue weighted by atomic mass is 10.0. The summed E-state index contributed by atoms with van der Waals surface area (Å²) in [6.45, 7) is 3.37. The van der Waals surface area contributed by atoms with Gasteiger partial charge in [-0.25, -0.2) is 4.68 Å². The number of benzene rings is 1. The molecular formula is C17H17F3N4O2. The Bertz CT molecular complexity index is 888. The Morgan fingerprint density at radius 1 is 1.35 bits per heavy atom. The smallest absolute Gasteiger partial charge is 0.350 e. The summed E-state index contributed by atoms with van der Waals surface area (Å²) in [7, 11) is 0. The SMILES string of the molecule is Cc1cc(=O)c(C(=O)NCC2CNC2)nn1-c1ccccc1C(F)(F)F. The molecule has 6 nitrogen and oxygen atoms in total. The summed E-state index contributed by atoms with van der Waals surface area (Å²) in [5, 5.41) is 9.58. The van der Waals surface area contributed by atoms with Gasteiger partial charge in [-0.1, -0.05) is 12.1 Å². The number of carbonyl (C=O) groups excluding carboxylic acids is 1. The third-order valence-corrected chi connectivity index (χ3v) is 4.18. The lowest BCUT2D eigenvalue weighted by Gasteiger charge is -2.26. The predicted molar refractivity (Wildman–Crippen MR) is 88.3 cm³/mol. The third kappa shape index (κ3) is 3.62. The zero-order valence-electron chi connectivity index (χ0n) is 13.9. The van der Waals surface area contributed by atoms with E-state index in [1.807, 2.05) is 0 Å². The molecule has 0 unspecified atom stereocenters. The first-order chi connectivity index (χ1) is 12.3. The maximum atomic E-state index is 13.3. The van der Waals surface area contributed by atoms with Crippen LogP contribution in [-0.2, 0) is 6.18 Å². The van der Waals surface area contributed by atoms with Crippen LogP contribution in [0.5, 0.6) is 0 Å². The summed E-state index contributed by atoms with van der Waals surface area (Å²) < 4.78 is 40.8. The fourth-order valence-corrected chi connectivity index (χ4v) is 2.66. The highest BCUT2D eigenvalue weighted by Gasteiger charge is 2.34. The Morgan fingerprint density at radius 3 is 2.65 bits per heavy atom. The van der Waals surface area contributed by atoms with Crippen molar-refractivity contribution in [3.8, 4) is 5.69 Å². The summed E-state index contributed by atoms with van der Waals surface area (Å²) in [5.74, 6) is -0.419. The largest absolute Gasteiger partial charge is 0.418 e. The highest BCUT2D eigenvalue weighted by atomic mass is 19.4. The van der Waals surface area contributed by atoms with Crippen molar-refractivity contribution in [2.24, 2.45) is 5.92 Å². The molecule has 2 N–H and O–H groups in total. The normalized spacial score (nSPS) is 14.8. The average molecular weight is 366 g/mol. The number of aryl methyl sites for hydroxylation is 1. The second-order valence-electron chi connectivity index (χ2n) is 6.16. The van der Waals surface area contributed by atoms with Crippen molar-refractivity contribution in [2.45, 2.75) is 13.1 Å². The van der Waals surface area contributed by atoms with Gasteiger partial charge in [0.1, 0.15) is 0 Å². The maximum absolute atomic E-state index is 13.3. The summed E-state index contributed by atoms with van der Waals surface area (Å²) in [4.78, 5) is 24.4. The number of para-hydroxylation sites is 1. The number of nitrogens with one attached hydrogen (secondary N) is 2. The van der Waals surface area contributed by atoms with Gasteiger partial charge < -0.3 is 10.6 Å². The molecule has 0 atom stereocenters. The van der Waals surface area contributed by atoms with E-state index >= 15 is 0 Å². The minimum atomic E-state index is -4.59. The van der Waals surface area contributed by atoms with E-state index in [1.165, 1.54) is 25.1 Å². The Hall–Kier alpha value is -2.68. The number of carbonyl (C=O) groups is 1. The number of hydrogen-bond acceptors (Lipinski definition) is 4. The first-order valence-electron chi connectivity index (χ1n) is 8.04. The Kier molecular flexibility index (Phi) is 4.82. The minimum Gasteiger partial charge on any atom is -0.350 e. The van der Waals surface area contributed by atoms with Crippen molar-refractivity contribution in [3.63, 3.8) is 0 Å². The standard InChI is InChI=1S/C17H17F3N4O2/c1-10-6-14(25)15(16(26)22-9-11-7-21-8-11)23-24(10)13-5-3-2-4-12(13)17(18,19)20/h2-6,11,21H,7-9H2,1H3,(H,22,26). The monoisotopic (exact) mass is 366 g/mol. The molecule has 0 aliphatic carbocycles. The van der Waals surface area contributed by atoms with Gasteiger partial charge in [0, 0.05) is 37.3 Å². The van der Waals surface area contributed by atoms with Gasteiger partial charge in [0.25, 0.3) is 5.91 Å². The number of aromatic nitrogens is 2. The van der Waals surface area contributed by atoms with Gasteiger partial charge >= 0.3 is 6.18 Å². The molecule has 1 fully saturated rings. The van der Waals surface area contributed by atoms with Crippen LogP contribution >= 0.6 is 0 Å². The molecule has 1 amide bonds. The van der Waals surface area contributed by atoms with Crippen molar-refractivity contribution in [1.29, 1.82) is 0 Å². The van der Waals surface area contributed by atoms with Gasteiger partial charge in [0.2, 0.25) is 5.43 Å². The first kappa shape index (κ1) is 18.1. The maximum Gasteiger partial charge on any atom is 0.418 e. The molecule has 1 saturated heterocycles. The molecule has 2 aromatic rings. The van der Waals surface area contributed by atoms with Crippen LogP contribution in [0.2, 0.25) is 0 Å².